The third-order valence-corrected chi connectivity index (χ3v) is 7.19. The highest BCUT2D eigenvalue weighted by Gasteiger charge is 2.44. The van der Waals surface area contributed by atoms with E-state index in [1.165, 1.54) is 25.9 Å². The van der Waals surface area contributed by atoms with Crippen molar-refractivity contribution in [3.05, 3.63) is 0 Å². The zero-order chi connectivity index (χ0) is 21.8. The van der Waals surface area contributed by atoms with E-state index in [9.17, 15) is 4.79 Å². The molecular weight excluding hydrogens is 378 g/mol. The Kier molecular flexibility index (Phi) is 8.18. The lowest BCUT2D eigenvalue weighted by Gasteiger charge is -2.48. The number of hydrogen-bond donors (Lipinski definition) is 1. The third kappa shape index (κ3) is 5.74. The number of piperazine rings is 2. The van der Waals surface area contributed by atoms with Crippen molar-refractivity contribution >= 4 is 5.91 Å². The quantitative estimate of drug-likeness (QED) is 0.567. The van der Waals surface area contributed by atoms with Gasteiger partial charge in [0.05, 0.1) is 18.8 Å². The topological polar surface area (TPSA) is 51.3 Å². The average Bonchev–Trinajstić information content (AvgIpc) is 3.09. The standard InChI is InChI=1S/C23H45N5O2/c1-6-8-23-19-26(12-13-27(23)10-9-24-23)20(2)7-16-30-17-15-25-11-14-28(21(29)18-25)22(3,4)5/h20,24H,6-19H2,1-5H3. The Labute approximate surface area is 184 Å². The maximum Gasteiger partial charge on any atom is 0.237 e. The second-order valence-electron chi connectivity index (χ2n) is 10.4. The summed E-state index contributed by atoms with van der Waals surface area (Å²) in [5.41, 5.74) is 0.120. The fraction of sp³-hybridized carbons (Fsp3) is 0.957. The van der Waals surface area contributed by atoms with Crippen molar-refractivity contribution in [1.29, 1.82) is 0 Å². The van der Waals surface area contributed by atoms with Crippen molar-refractivity contribution in [2.75, 3.05) is 72.1 Å². The van der Waals surface area contributed by atoms with E-state index in [1.54, 1.807) is 0 Å². The number of hydrogen-bond acceptors (Lipinski definition) is 6. The predicted octanol–water partition coefficient (Wildman–Crippen LogP) is 1.44. The molecule has 0 aromatic carbocycles. The smallest absolute Gasteiger partial charge is 0.237 e. The second-order valence-corrected chi connectivity index (χ2v) is 10.4. The summed E-state index contributed by atoms with van der Waals surface area (Å²) in [5, 5.41) is 3.80. The number of amides is 1. The number of rotatable bonds is 9. The Morgan fingerprint density at radius 3 is 2.63 bits per heavy atom. The molecule has 7 heteroatoms. The maximum atomic E-state index is 12.4. The number of nitrogens with zero attached hydrogens (tertiary/aromatic N) is 4. The van der Waals surface area contributed by atoms with Crippen LogP contribution >= 0.6 is 0 Å². The normalized spacial score (nSPS) is 28.2. The van der Waals surface area contributed by atoms with Crippen LogP contribution in [-0.2, 0) is 9.53 Å². The first kappa shape index (κ1) is 23.9. The van der Waals surface area contributed by atoms with Crippen LogP contribution in [0.15, 0.2) is 0 Å². The van der Waals surface area contributed by atoms with Crippen molar-refractivity contribution in [3.8, 4) is 0 Å². The molecule has 2 atom stereocenters. The molecular formula is C23H45N5O2. The van der Waals surface area contributed by atoms with E-state index in [0.717, 1.165) is 52.3 Å². The van der Waals surface area contributed by atoms with Crippen molar-refractivity contribution in [2.45, 2.75) is 71.1 Å². The molecule has 0 aromatic rings. The molecule has 3 fully saturated rings. The Hall–Kier alpha value is -0.730. The average molecular weight is 424 g/mol. The fourth-order valence-electron chi connectivity index (χ4n) is 5.36. The highest BCUT2D eigenvalue weighted by Crippen LogP contribution is 2.28. The number of nitrogens with one attached hydrogen (secondary N) is 1. The molecule has 3 heterocycles. The Balaban J connectivity index is 1.33. The minimum Gasteiger partial charge on any atom is -0.380 e. The highest BCUT2D eigenvalue weighted by molar-refractivity contribution is 5.79. The van der Waals surface area contributed by atoms with Crippen LogP contribution in [0.5, 0.6) is 0 Å². The first-order valence-electron chi connectivity index (χ1n) is 12.1. The van der Waals surface area contributed by atoms with Gasteiger partial charge < -0.3 is 9.64 Å². The van der Waals surface area contributed by atoms with Crippen LogP contribution < -0.4 is 5.32 Å². The Bertz CT molecular complexity index is 566. The lowest BCUT2D eigenvalue weighted by Crippen LogP contribution is -2.65. The van der Waals surface area contributed by atoms with E-state index in [-0.39, 0.29) is 17.1 Å². The van der Waals surface area contributed by atoms with Gasteiger partial charge in [-0.2, -0.15) is 0 Å². The second kappa shape index (κ2) is 10.3. The van der Waals surface area contributed by atoms with Crippen molar-refractivity contribution in [1.82, 2.24) is 24.9 Å². The van der Waals surface area contributed by atoms with Crippen LogP contribution in [0.2, 0.25) is 0 Å². The number of fused-ring (bicyclic) bond motifs is 1. The molecule has 0 spiro atoms. The Morgan fingerprint density at radius 1 is 1.13 bits per heavy atom. The minimum absolute atomic E-state index is 0.0784. The summed E-state index contributed by atoms with van der Waals surface area (Å²) >= 11 is 0. The van der Waals surface area contributed by atoms with Gasteiger partial charge in [0.1, 0.15) is 0 Å². The van der Waals surface area contributed by atoms with Crippen LogP contribution in [0.3, 0.4) is 0 Å². The summed E-state index contributed by atoms with van der Waals surface area (Å²) in [6, 6.07) is 0.542. The highest BCUT2D eigenvalue weighted by atomic mass is 16.5. The van der Waals surface area contributed by atoms with Gasteiger partial charge in [-0.05, 0) is 40.5 Å². The van der Waals surface area contributed by atoms with E-state index in [1.807, 2.05) is 4.90 Å². The van der Waals surface area contributed by atoms with E-state index < -0.39 is 0 Å². The van der Waals surface area contributed by atoms with E-state index in [0.29, 0.717) is 19.2 Å². The monoisotopic (exact) mass is 423 g/mol. The third-order valence-electron chi connectivity index (χ3n) is 7.19. The molecule has 1 N–H and O–H groups in total. The van der Waals surface area contributed by atoms with Gasteiger partial charge in [-0.25, -0.2) is 0 Å². The van der Waals surface area contributed by atoms with Crippen molar-refractivity contribution < 1.29 is 9.53 Å². The molecule has 30 heavy (non-hydrogen) atoms. The van der Waals surface area contributed by atoms with E-state index in [4.69, 9.17) is 4.74 Å². The first-order chi connectivity index (χ1) is 14.2. The van der Waals surface area contributed by atoms with E-state index in [2.05, 4.69) is 54.6 Å². The van der Waals surface area contributed by atoms with Crippen LogP contribution in [0, 0.1) is 0 Å². The van der Waals surface area contributed by atoms with Gasteiger partial charge >= 0.3 is 0 Å². The molecule has 3 saturated heterocycles. The number of carbonyl (C=O) groups excluding carboxylic acids is 1. The summed E-state index contributed by atoms with van der Waals surface area (Å²) in [4.78, 5) is 21.9. The summed E-state index contributed by atoms with van der Waals surface area (Å²) in [5.74, 6) is 0.239. The van der Waals surface area contributed by atoms with E-state index >= 15 is 0 Å². The van der Waals surface area contributed by atoms with Gasteiger partial charge in [0, 0.05) is 70.5 Å². The van der Waals surface area contributed by atoms with Crippen LogP contribution in [0.4, 0.5) is 0 Å². The van der Waals surface area contributed by atoms with Gasteiger partial charge in [0.25, 0.3) is 0 Å². The number of ether oxygens (including phenoxy) is 1. The first-order valence-corrected chi connectivity index (χ1v) is 12.1. The van der Waals surface area contributed by atoms with Crippen LogP contribution in [-0.4, -0.2) is 115 Å². The molecule has 3 aliphatic rings. The number of carbonyl (C=O) groups is 1. The molecule has 0 aromatic heterocycles. The molecule has 0 bridgehead atoms. The summed E-state index contributed by atoms with van der Waals surface area (Å²) in [7, 11) is 0. The zero-order valence-corrected chi connectivity index (χ0v) is 20.1. The molecule has 3 aliphatic heterocycles. The zero-order valence-electron chi connectivity index (χ0n) is 20.1. The van der Waals surface area contributed by atoms with Gasteiger partial charge in [-0.3, -0.25) is 24.8 Å². The molecule has 0 aliphatic carbocycles. The van der Waals surface area contributed by atoms with Crippen LogP contribution in [0.25, 0.3) is 0 Å². The molecule has 2 unspecified atom stereocenters. The molecule has 174 valence electrons. The Morgan fingerprint density at radius 2 is 1.93 bits per heavy atom. The molecule has 0 radical (unpaired) electrons. The van der Waals surface area contributed by atoms with Gasteiger partial charge in [-0.1, -0.05) is 13.3 Å². The van der Waals surface area contributed by atoms with Gasteiger partial charge in [0.15, 0.2) is 0 Å². The summed E-state index contributed by atoms with van der Waals surface area (Å²) in [6.45, 7) is 21.4. The molecule has 1 amide bonds. The fourth-order valence-corrected chi connectivity index (χ4v) is 5.36. The SMILES string of the molecule is CCCC12CN(C(C)CCOCCN3CCN(C(C)(C)C)C(=O)C3)CCN1CCN2. The van der Waals surface area contributed by atoms with Crippen molar-refractivity contribution in [2.24, 2.45) is 0 Å². The summed E-state index contributed by atoms with van der Waals surface area (Å²) < 4.78 is 5.97. The lowest BCUT2D eigenvalue weighted by atomic mass is 9.98. The van der Waals surface area contributed by atoms with Crippen LogP contribution in [0.1, 0.15) is 53.9 Å². The maximum absolute atomic E-state index is 12.4. The predicted molar refractivity (Wildman–Crippen MR) is 122 cm³/mol. The lowest BCUT2D eigenvalue weighted by molar-refractivity contribution is -0.141. The largest absolute Gasteiger partial charge is 0.380 e. The molecule has 3 rings (SSSR count). The minimum atomic E-state index is -0.0784. The van der Waals surface area contributed by atoms with Gasteiger partial charge in [-0.15, -0.1) is 0 Å². The molecule has 0 saturated carbocycles. The molecule has 7 nitrogen and oxygen atoms in total. The van der Waals surface area contributed by atoms with Gasteiger partial charge in [0.2, 0.25) is 5.91 Å². The van der Waals surface area contributed by atoms with Crippen molar-refractivity contribution in [3.63, 3.8) is 0 Å². The summed E-state index contributed by atoms with van der Waals surface area (Å²) in [6.07, 6.45) is 3.52.